The number of halogens is 1. The number of ether oxygens (including phenoxy) is 1. The third-order valence-corrected chi connectivity index (χ3v) is 6.29. The summed E-state index contributed by atoms with van der Waals surface area (Å²) in [5.41, 5.74) is 3.88. The van der Waals surface area contributed by atoms with E-state index < -0.39 is 24.3 Å². The Labute approximate surface area is 188 Å². The summed E-state index contributed by atoms with van der Waals surface area (Å²) >= 11 is 1.13. The summed E-state index contributed by atoms with van der Waals surface area (Å²) < 4.78 is 21.5. The van der Waals surface area contributed by atoms with E-state index in [0.29, 0.717) is 16.6 Å². The summed E-state index contributed by atoms with van der Waals surface area (Å²) in [6, 6.07) is 16.1. The molecular weight excluding hydrogens is 429 g/mol. The average Bonchev–Trinajstić information content (AvgIpc) is 3.34. The molecule has 0 bridgehead atoms. The molecule has 2 heterocycles. The van der Waals surface area contributed by atoms with Crippen LogP contribution in [0.15, 0.2) is 54.6 Å². The highest BCUT2D eigenvalue weighted by Gasteiger charge is 2.16. The Bertz CT molecular complexity index is 1280. The Morgan fingerprint density at radius 3 is 2.66 bits per heavy atom. The highest BCUT2D eigenvalue weighted by Crippen LogP contribution is 2.28. The second kappa shape index (κ2) is 9.32. The van der Waals surface area contributed by atoms with Crippen LogP contribution in [0.2, 0.25) is 0 Å². The molecule has 6 nitrogen and oxygen atoms in total. The summed E-state index contributed by atoms with van der Waals surface area (Å²) in [4.78, 5) is 24.7. The fourth-order valence-corrected chi connectivity index (χ4v) is 4.44. The minimum atomic E-state index is -0.649. The van der Waals surface area contributed by atoms with Gasteiger partial charge in [0.1, 0.15) is 10.7 Å². The maximum atomic E-state index is 13.8. The molecule has 2 aromatic heterocycles. The number of aromatic nitrogens is 2. The Morgan fingerprint density at radius 1 is 1.12 bits per heavy atom. The highest BCUT2D eigenvalue weighted by molar-refractivity contribution is 7.20. The molecular formula is C24H22FN3O3S. The second-order valence-corrected chi connectivity index (χ2v) is 8.49. The van der Waals surface area contributed by atoms with E-state index in [9.17, 15) is 14.0 Å². The number of nitrogens with one attached hydrogen (secondary N) is 1. The van der Waals surface area contributed by atoms with Crippen LogP contribution in [0.1, 0.15) is 32.2 Å². The van der Waals surface area contributed by atoms with E-state index in [1.165, 1.54) is 12.1 Å². The Kier molecular flexibility index (Phi) is 6.32. The van der Waals surface area contributed by atoms with Crippen molar-refractivity contribution in [3.05, 3.63) is 87.8 Å². The van der Waals surface area contributed by atoms with E-state index in [2.05, 4.69) is 10.4 Å². The number of hydrogen-bond acceptors (Lipinski definition) is 5. The molecule has 0 atom stereocenters. The topological polar surface area (TPSA) is 73.2 Å². The SMILES string of the molecule is Cc1nn(Cc2ccccc2)c(C)c1CNC(=O)COC(=O)c1cc2c(F)cccc2s1. The monoisotopic (exact) mass is 451 g/mol. The third kappa shape index (κ3) is 4.70. The van der Waals surface area contributed by atoms with E-state index in [1.54, 1.807) is 12.1 Å². The van der Waals surface area contributed by atoms with Gasteiger partial charge in [-0.1, -0.05) is 36.4 Å². The molecule has 0 fully saturated rings. The first kappa shape index (κ1) is 21.7. The molecule has 1 amide bonds. The Hall–Kier alpha value is -3.52. The van der Waals surface area contributed by atoms with Crippen molar-refractivity contribution in [3.8, 4) is 0 Å². The fraction of sp³-hybridized carbons (Fsp3) is 0.208. The number of nitrogens with zero attached hydrogens (tertiary/aromatic N) is 2. The quantitative estimate of drug-likeness (QED) is 0.424. The van der Waals surface area contributed by atoms with Gasteiger partial charge in [0.2, 0.25) is 0 Å². The van der Waals surface area contributed by atoms with Gasteiger partial charge in [-0.3, -0.25) is 9.48 Å². The summed E-state index contributed by atoms with van der Waals surface area (Å²) in [5, 5.41) is 7.72. The van der Waals surface area contributed by atoms with Crippen molar-refractivity contribution in [3.63, 3.8) is 0 Å². The number of benzene rings is 2. The lowest BCUT2D eigenvalue weighted by Crippen LogP contribution is -2.28. The highest BCUT2D eigenvalue weighted by atomic mass is 32.1. The van der Waals surface area contributed by atoms with E-state index in [-0.39, 0.29) is 11.4 Å². The van der Waals surface area contributed by atoms with Crippen LogP contribution in [0.5, 0.6) is 0 Å². The van der Waals surface area contributed by atoms with Gasteiger partial charge in [-0.2, -0.15) is 5.10 Å². The first-order valence-electron chi connectivity index (χ1n) is 10.1. The van der Waals surface area contributed by atoms with E-state index in [1.807, 2.05) is 48.9 Å². The predicted molar refractivity (Wildman–Crippen MR) is 121 cm³/mol. The molecule has 0 aliphatic carbocycles. The normalized spacial score (nSPS) is 11.0. The largest absolute Gasteiger partial charge is 0.451 e. The lowest BCUT2D eigenvalue weighted by atomic mass is 10.2. The van der Waals surface area contributed by atoms with Gasteiger partial charge in [-0.25, -0.2) is 9.18 Å². The van der Waals surface area contributed by atoms with Gasteiger partial charge < -0.3 is 10.1 Å². The van der Waals surface area contributed by atoms with Crippen LogP contribution in [0.4, 0.5) is 4.39 Å². The fourth-order valence-electron chi connectivity index (χ4n) is 3.47. The average molecular weight is 452 g/mol. The Balaban J connectivity index is 1.33. The first-order chi connectivity index (χ1) is 15.4. The zero-order valence-corrected chi connectivity index (χ0v) is 18.5. The molecule has 32 heavy (non-hydrogen) atoms. The molecule has 0 aliphatic heterocycles. The molecule has 164 valence electrons. The van der Waals surface area contributed by atoms with Crippen LogP contribution >= 0.6 is 11.3 Å². The predicted octanol–water partition coefficient (Wildman–Crippen LogP) is 4.38. The number of esters is 1. The molecule has 8 heteroatoms. The third-order valence-electron chi connectivity index (χ3n) is 5.21. The number of thiophene rings is 1. The van der Waals surface area contributed by atoms with E-state index >= 15 is 0 Å². The van der Waals surface area contributed by atoms with Crippen LogP contribution in [0.25, 0.3) is 10.1 Å². The number of fused-ring (bicyclic) bond motifs is 1. The van der Waals surface area contributed by atoms with Crippen molar-refractivity contribution in [2.45, 2.75) is 26.9 Å². The zero-order chi connectivity index (χ0) is 22.7. The summed E-state index contributed by atoms with van der Waals surface area (Å²) in [6.07, 6.45) is 0. The smallest absolute Gasteiger partial charge is 0.348 e. The molecule has 4 rings (SSSR count). The molecule has 2 aromatic carbocycles. The zero-order valence-electron chi connectivity index (χ0n) is 17.7. The lowest BCUT2D eigenvalue weighted by Gasteiger charge is -2.08. The minimum Gasteiger partial charge on any atom is -0.451 e. The van der Waals surface area contributed by atoms with E-state index in [4.69, 9.17) is 4.74 Å². The van der Waals surface area contributed by atoms with E-state index in [0.717, 1.165) is 33.9 Å². The molecule has 0 aliphatic rings. The molecule has 4 aromatic rings. The summed E-state index contributed by atoms with van der Waals surface area (Å²) in [6.45, 7) is 4.39. The van der Waals surface area contributed by atoms with Crippen LogP contribution in [0.3, 0.4) is 0 Å². The van der Waals surface area contributed by atoms with Crippen LogP contribution < -0.4 is 5.32 Å². The summed E-state index contributed by atoms with van der Waals surface area (Å²) in [7, 11) is 0. The van der Waals surface area contributed by atoms with Crippen molar-refractivity contribution in [1.29, 1.82) is 0 Å². The number of amides is 1. The van der Waals surface area contributed by atoms with Gasteiger partial charge in [0.15, 0.2) is 6.61 Å². The molecule has 0 saturated heterocycles. The molecule has 0 unspecified atom stereocenters. The maximum Gasteiger partial charge on any atom is 0.348 e. The van der Waals surface area contributed by atoms with Crippen molar-refractivity contribution >= 4 is 33.3 Å². The molecule has 0 radical (unpaired) electrons. The van der Waals surface area contributed by atoms with Gasteiger partial charge >= 0.3 is 5.97 Å². The van der Waals surface area contributed by atoms with Gasteiger partial charge in [0, 0.05) is 27.9 Å². The summed E-state index contributed by atoms with van der Waals surface area (Å²) in [5.74, 6) is -1.46. The van der Waals surface area contributed by atoms with Gasteiger partial charge in [-0.05, 0) is 37.6 Å². The van der Waals surface area contributed by atoms with Gasteiger partial charge in [0.25, 0.3) is 5.91 Å². The molecule has 0 saturated carbocycles. The van der Waals surface area contributed by atoms with Crippen molar-refractivity contribution in [1.82, 2.24) is 15.1 Å². The van der Waals surface area contributed by atoms with Gasteiger partial charge in [0.05, 0.1) is 12.2 Å². The van der Waals surface area contributed by atoms with Crippen molar-refractivity contribution < 1.29 is 18.7 Å². The molecule has 0 spiro atoms. The number of rotatable bonds is 7. The second-order valence-electron chi connectivity index (χ2n) is 7.41. The van der Waals surface area contributed by atoms with Crippen LogP contribution in [-0.2, 0) is 22.6 Å². The van der Waals surface area contributed by atoms with Crippen molar-refractivity contribution in [2.75, 3.05) is 6.61 Å². The number of carbonyl (C=O) groups excluding carboxylic acids is 2. The van der Waals surface area contributed by atoms with Crippen molar-refractivity contribution in [2.24, 2.45) is 0 Å². The number of carbonyl (C=O) groups is 2. The standard InChI is InChI=1S/C24H22FN3O3S/c1-15-19(16(2)28(27-15)13-17-7-4-3-5-8-17)12-26-23(29)14-31-24(30)22-11-18-20(25)9-6-10-21(18)32-22/h3-11H,12-14H2,1-2H3,(H,26,29). The Morgan fingerprint density at radius 2 is 1.91 bits per heavy atom. The lowest BCUT2D eigenvalue weighted by molar-refractivity contribution is -0.124. The van der Waals surface area contributed by atoms with Gasteiger partial charge in [-0.15, -0.1) is 11.3 Å². The number of aryl methyl sites for hydroxylation is 1. The minimum absolute atomic E-state index is 0.256. The molecule has 1 N–H and O–H groups in total. The van der Waals surface area contributed by atoms with Crippen LogP contribution in [0, 0.1) is 19.7 Å². The van der Waals surface area contributed by atoms with Crippen LogP contribution in [-0.4, -0.2) is 28.3 Å². The maximum absolute atomic E-state index is 13.8. The first-order valence-corrected chi connectivity index (χ1v) is 10.9. The number of hydrogen-bond donors (Lipinski definition) is 1.